The Morgan fingerprint density at radius 3 is 2.59 bits per heavy atom. The van der Waals surface area contributed by atoms with Gasteiger partial charge < -0.3 is 16.0 Å². The van der Waals surface area contributed by atoms with Crippen LogP contribution in [0.3, 0.4) is 0 Å². The summed E-state index contributed by atoms with van der Waals surface area (Å²) in [7, 11) is -3.99. The molecule has 2 aliphatic rings. The Morgan fingerprint density at radius 2 is 1.80 bits per heavy atom. The summed E-state index contributed by atoms with van der Waals surface area (Å²) in [4.78, 5) is 26.0. The fraction of sp³-hybridized carbons (Fsp3) is 0.355. The molecule has 1 unspecified atom stereocenters. The minimum absolute atomic E-state index is 0.0357. The number of hydrogen-bond acceptors (Lipinski definition) is 5. The molecule has 3 N–H and O–H groups in total. The maximum atomic E-state index is 13.4. The number of nitrogens with one attached hydrogen (secondary N) is 3. The SMILES string of the molecule is O=C(CC1C(=O)NCCN1S(=O)(=O)c1ccc(Cl)cc1)N[C@@H]1CCCc2cc(CNCCc3ccccc3)ccc21. The molecular formula is C31H35ClN4O4S. The lowest BCUT2D eigenvalue weighted by atomic mass is 9.86. The molecule has 0 bridgehead atoms. The lowest BCUT2D eigenvalue weighted by molar-refractivity contribution is -0.132. The molecule has 2 atom stereocenters. The van der Waals surface area contributed by atoms with Crippen LogP contribution in [0.1, 0.15) is 47.6 Å². The fourth-order valence-corrected chi connectivity index (χ4v) is 7.30. The van der Waals surface area contributed by atoms with Crippen molar-refractivity contribution < 1.29 is 18.0 Å². The van der Waals surface area contributed by atoms with Crippen molar-refractivity contribution >= 4 is 33.4 Å². The van der Waals surface area contributed by atoms with Crippen molar-refractivity contribution in [1.29, 1.82) is 0 Å². The van der Waals surface area contributed by atoms with Crippen LogP contribution >= 0.6 is 11.6 Å². The van der Waals surface area contributed by atoms with Gasteiger partial charge >= 0.3 is 0 Å². The molecule has 1 aliphatic carbocycles. The summed E-state index contributed by atoms with van der Waals surface area (Å²) < 4.78 is 27.8. The van der Waals surface area contributed by atoms with Crippen LogP contribution < -0.4 is 16.0 Å². The predicted octanol–water partition coefficient (Wildman–Crippen LogP) is 3.75. The van der Waals surface area contributed by atoms with Crippen LogP contribution in [-0.2, 0) is 39.0 Å². The molecule has 0 aromatic heterocycles. The summed E-state index contributed by atoms with van der Waals surface area (Å²) >= 11 is 5.93. The summed E-state index contributed by atoms with van der Waals surface area (Å²) in [6.07, 6.45) is 3.38. The monoisotopic (exact) mass is 594 g/mol. The molecule has 0 radical (unpaired) electrons. The minimum atomic E-state index is -3.99. The second kappa shape index (κ2) is 13.2. The topological polar surface area (TPSA) is 108 Å². The van der Waals surface area contributed by atoms with Gasteiger partial charge in [-0.05, 0) is 78.7 Å². The molecule has 10 heteroatoms. The van der Waals surface area contributed by atoms with Crippen LogP contribution in [0.5, 0.6) is 0 Å². The number of fused-ring (bicyclic) bond motifs is 1. The Bertz CT molecular complexity index is 1480. The first-order chi connectivity index (χ1) is 19.8. The average molecular weight is 595 g/mol. The number of halogens is 1. The summed E-state index contributed by atoms with van der Waals surface area (Å²) in [6, 6.07) is 21.3. The summed E-state index contributed by atoms with van der Waals surface area (Å²) in [5.74, 6) is -0.828. The van der Waals surface area contributed by atoms with Crippen molar-refractivity contribution in [2.75, 3.05) is 19.6 Å². The van der Waals surface area contributed by atoms with E-state index in [1.165, 1.54) is 41.0 Å². The van der Waals surface area contributed by atoms with E-state index >= 15 is 0 Å². The molecule has 41 heavy (non-hydrogen) atoms. The second-order valence-corrected chi connectivity index (χ2v) is 12.9. The van der Waals surface area contributed by atoms with Gasteiger partial charge in [-0.2, -0.15) is 4.31 Å². The molecule has 1 heterocycles. The lowest BCUT2D eigenvalue weighted by Crippen LogP contribution is -2.58. The maximum Gasteiger partial charge on any atom is 0.243 e. The Kier molecular flexibility index (Phi) is 9.39. The molecule has 2 amide bonds. The van der Waals surface area contributed by atoms with Crippen molar-refractivity contribution in [3.8, 4) is 0 Å². The van der Waals surface area contributed by atoms with Crippen molar-refractivity contribution in [3.05, 3.63) is 100 Å². The standard InChI is InChI=1S/C31H35ClN4O4S/c32-25-10-12-26(13-11-25)41(39,40)36-18-17-34-31(38)29(36)20-30(37)35-28-8-4-7-24-19-23(9-14-27(24)28)21-33-16-15-22-5-2-1-3-6-22/h1-3,5-6,9-14,19,28-29,33H,4,7-8,15-18,20-21H2,(H,34,38)(H,35,37)/t28-,29?/m1/s1. The fourth-order valence-electron chi connectivity index (χ4n) is 5.58. The molecule has 1 aliphatic heterocycles. The van der Waals surface area contributed by atoms with Crippen LogP contribution in [0.15, 0.2) is 77.7 Å². The Hall–Kier alpha value is -3.24. The second-order valence-electron chi connectivity index (χ2n) is 10.5. The normalized spacial score (nSPS) is 19.3. The van der Waals surface area contributed by atoms with E-state index < -0.39 is 22.0 Å². The third kappa shape index (κ3) is 7.16. The van der Waals surface area contributed by atoms with Crippen molar-refractivity contribution in [3.63, 3.8) is 0 Å². The van der Waals surface area contributed by atoms with Gasteiger partial charge in [0, 0.05) is 24.7 Å². The molecule has 3 aromatic rings. The van der Waals surface area contributed by atoms with E-state index in [1.807, 2.05) is 6.07 Å². The van der Waals surface area contributed by atoms with E-state index in [1.54, 1.807) is 0 Å². The summed E-state index contributed by atoms with van der Waals surface area (Å²) in [5, 5.41) is 9.71. The molecule has 1 fully saturated rings. The third-order valence-corrected chi connectivity index (χ3v) is 9.87. The number of nitrogens with zero attached hydrogens (tertiary/aromatic N) is 1. The Balaban J connectivity index is 1.21. The van der Waals surface area contributed by atoms with Crippen LogP contribution in [0.25, 0.3) is 0 Å². The number of carbonyl (C=O) groups excluding carboxylic acids is 2. The van der Waals surface area contributed by atoms with Gasteiger partial charge in [-0.1, -0.05) is 60.1 Å². The zero-order valence-corrected chi connectivity index (χ0v) is 24.4. The van der Waals surface area contributed by atoms with Gasteiger partial charge in [-0.15, -0.1) is 0 Å². The number of piperazine rings is 1. The van der Waals surface area contributed by atoms with Gasteiger partial charge in [0.25, 0.3) is 0 Å². The van der Waals surface area contributed by atoms with Crippen molar-refractivity contribution in [2.24, 2.45) is 0 Å². The number of amides is 2. The summed E-state index contributed by atoms with van der Waals surface area (Å²) in [5.41, 5.74) is 4.80. The van der Waals surface area contributed by atoms with Crippen LogP contribution in [-0.4, -0.2) is 50.2 Å². The molecule has 0 spiro atoms. The number of sulfonamides is 1. The van der Waals surface area contributed by atoms with E-state index in [0.717, 1.165) is 48.6 Å². The van der Waals surface area contributed by atoms with Gasteiger partial charge in [-0.3, -0.25) is 9.59 Å². The number of aryl methyl sites for hydroxylation is 1. The minimum Gasteiger partial charge on any atom is -0.353 e. The third-order valence-electron chi connectivity index (χ3n) is 7.70. The number of hydrogen-bond donors (Lipinski definition) is 3. The molecule has 0 saturated carbocycles. The highest BCUT2D eigenvalue weighted by Crippen LogP contribution is 2.31. The van der Waals surface area contributed by atoms with E-state index in [-0.39, 0.29) is 36.4 Å². The van der Waals surface area contributed by atoms with Crippen LogP contribution in [0, 0.1) is 0 Å². The molecule has 5 rings (SSSR count). The average Bonchev–Trinajstić information content (AvgIpc) is 2.97. The van der Waals surface area contributed by atoms with E-state index in [9.17, 15) is 18.0 Å². The van der Waals surface area contributed by atoms with Gasteiger partial charge in [-0.25, -0.2) is 8.42 Å². The van der Waals surface area contributed by atoms with E-state index in [0.29, 0.717) is 5.02 Å². The smallest absolute Gasteiger partial charge is 0.243 e. The number of benzene rings is 3. The van der Waals surface area contributed by atoms with Gasteiger partial charge in [0.05, 0.1) is 17.4 Å². The largest absolute Gasteiger partial charge is 0.353 e. The molecule has 8 nitrogen and oxygen atoms in total. The number of rotatable bonds is 10. The lowest BCUT2D eigenvalue weighted by Gasteiger charge is -2.34. The number of carbonyl (C=O) groups is 2. The first-order valence-electron chi connectivity index (χ1n) is 14.0. The first kappa shape index (κ1) is 29.3. The van der Waals surface area contributed by atoms with Gasteiger partial charge in [0.2, 0.25) is 21.8 Å². The molecular weight excluding hydrogens is 560 g/mol. The van der Waals surface area contributed by atoms with E-state index in [2.05, 4.69) is 58.4 Å². The highest BCUT2D eigenvalue weighted by molar-refractivity contribution is 7.89. The molecule has 1 saturated heterocycles. The molecule has 216 valence electrons. The maximum absolute atomic E-state index is 13.4. The van der Waals surface area contributed by atoms with Gasteiger partial charge in [0.1, 0.15) is 6.04 Å². The highest BCUT2D eigenvalue weighted by atomic mass is 35.5. The quantitative estimate of drug-likeness (QED) is 0.310. The van der Waals surface area contributed by atoms with E-state index in [4.69, 9.17) is 11.6 Å². The Morgan fingerprint density at radius 1 is 1.02 bits per heavy atom. The van der Waals surface area contributed by atoms with Crippen molar-refractivity contribution in [1.82, 2.24) is 20.3 Å². The van der Waals surface area contributed by atoms with Crippen LogP contribution in [0.2, 0.25) is 5.02 Å². The first-order valence-corrected chi connectivity index (χ1v) is 15.8. The van der Waals surface area contributed by atoms with Crippen molar-refractivity contribution in [2.45, 2.75) is 55.6 Å². The zero-order chi connectivity index (χ0) is 28.8. The predicted molar refractivity (Wildman–Crippen MR) is 159 cm³/mol. The van der Waals surface area contributed by atoms with Crippen LogP contribution in [0.4, 0.5) is 0 Å². The Labute approximate surface area is 246 Å². The van der Waals surface area contributed by atoms with Gasteiger partial charge in [0.15, 0.2) is 0 Å². The molecule has 3 aromatic carbocycles. The highest BCUT2D eigenvalue weighted by Gasteiger charge is 2.40. The zero-order valence-electron chi connectivity index (χ0n) is 22.8. The summed E-state index contributed by atoms with van der Waals surface area (Å²) in [6.45, 7) is 1.93.